The van der Waals surface area contributed by atoms with Gasteiger partial charge in [0.2, 0.25) is 0 Å². The molecule has 66 valence electrons. The zero-order valence-corrected chi connectivity index (χ0v) is 6.46. The summed E-state index contributed by atoms with van der Waals surface area (Å²) in [7, 11) is 0. The molecule has 0 atom stereocenters. The number of thiol groups is 1. The highest BCUT2D eigenvalue weighted by Crippen LogP contribution is 2.32. The lowest BCUT2D eigenvalue weighted by atomic mass is 10.2. The summed E-state index contributed by atoms with van der Waals surface area (Å²) in [6.07, 6.45) is -3.38. The summed E-state index contributed by atoms with van der Waals surface area (Å²) in [5, 5.41) is 0. The van der Waals surface area contributed by atoms with Gasteiger partial charge in [-0.15, -0.1) is 12.6 Å². The van der Waals surface area contributed by atoms with Gasteiger partial charge in [-0.2, -0.15) is 13.2 Å². The van der Waals surface area contributed by atoms with Gasteiger partial charge in [0.05, 0.1) is 4.90 Å². The van der Waals surface area contributed by atoms with Crippen molar-refractivity contribution >= 4 is 12.6 Å². The van der Waals surface area contributed by atoms with E-state index in [0.29, 0.717) is 6.20 Å². The van der Waals surface area contributed by atoms with E-state index in [4.69, 9.17) is 0 Å². The van der Waals surface area contributed by atoms with Gasteiger partial charge in [-0.1, -0.05) is 0 Å². The number of hydrogen-bond acceptors (Lipinski definition) is 2. The van der Waals surface area contributed by atoms with Gasteiger partial charge in [-0.05, 0) is 0 Å². The maximum absolute atomic E-state index is 12.7. The zero-order valence-electron chi connectivity index (χ0n) is 5.56. The summed E-state index contributed by atoms with van der Waals surface area (Å²) in [4.78, 5) is 2.76. The van der Waals surface area contributed by atoms with Crippen molar-refractivity contribution in [3.8, 4) is 0 Å². The first-order chi connectivity index (χ1) is 5.43. The minimum atomic E-state index is -4.71. The topological polar surface area (TPSA) is 12.9 Å². The summed E-state index contributed by atoms with van der Waals surface area (Å²) in [5.41, 5.74) is -1.39. The quantitative estimate of drug-likeness (QED) is 0.498. The van der Waals surface area contributed by atoms with Crippen molar-refractivity contribution < 1.29 is 17.6 Å². The van der Waals surface area contributed by atoms with Gasteiger partial charge in [-0.25, -0.2) is 4.39 Å². The van der Waals surface area contributed by atoms with Crippen molar-refractivity contribution in [2.24, 2.45) is 0 Å². The minimum absolute atomic E-state index is 0.412. The van der Waals surface area contributed by atoms with Gasteiger partial charge in [-0.3, -0.25) is 4.98 Å². The predicted octanol–water partition coefficient (Wildman–Crippen LogP) is 2.53. The summed E-state index contributed by atoms with van der Waals surface area (Å²) in [5.74, 6) is -1.39. The molecule has 1 rings (SSSR count). The van der Waals surface area contributed by atoms with Crippen molar-refractivity contribution in [1.29, 1.82) is 0 Å². The highest BCUT2D eigenvalue weighted by Gasteiger charge is 2.35. The molecule has 12 heavy (non-hydrogen) atoms. The first kappa shape index (κ1) is 9.31. The summed E-state index contributed by atoms with van der Waals surface area (Å²) < 4.78 is 48.4. The van der Waals surface area contributed by atoms with E-state index >= 15 is 0 Å². The number of nitrogens with zero attached hydrogens (tertiary/aromatic N) is 1. The lowest BCUT2D eigenvalue weighted by molar-refractivity contribution is -0.140. The Morgan fingerprint density at radius 1 is 1.25 bits per heavy atom. The van der Waals surface area contributed by atoms with E-state index in [-0.39, 0.29) is 0 Å². The van der Waals surface area contributed by atoms with Gasteiger partial charge in [0, 0.05) is 12.4 Å². The number of rotatable bonds is 0. The Bertz CT molecular complexity index is 296. The molecule has 0 bridgehead atoms. The molecule has 1 aromatic rings. The maximum Gasteiger partial charge on any atom is 0.420 e. The van der Waals surface area contributed by atoms with Crippen molar-refractivity contribution in [1.82, 2.24) is 4.98 Å². The van der Waals surface area contributed by atoms with Crippen LogP contribution in [0.2, 0.25) is 0 Å². The Morgan fingerprint density at radius 2 is 1.83 bits per heavy atom. The molecule has 0 aliphatic rings. The van der Waals surface area contributed by atoms with Crippen LogP contribution in [0.1, 0.15) is 5.56 Å². The van der Waals surface area contributed by atoms with Crippen LogP contribution in [0.4, 0.5) is 17.6 Å². The van der Waals surface area contributed by atoms with Gasteiger partial charge < -0.3 is 0 Å². The van der Waals surface area contributed by atoms with Gasteiger partial charge in [0.15, 0.2) is 5.82 Å². The average molecular weight is 197 g/mol. The number of aromatic nitrogens is 1. The second kappa shape index (κ2) is 2.93. The van der Waals surface area contributed by atoms with Crippen LogP contribution in [0.25, 0.3) is 0 Å². The van der Waals surface area contributed by atoms with Crippen LogP contribution in [0.5, 0.6) is 0 Å². The Balaban J connectivity index is 3.26. The van der Waals surface area contributed by atoms with Crippen LogP contribution < -0.4 is 0 Å². The number of halogens is 4. The molecule has 0 unspecified atom stereocenters. The Labute approximate surface area is 70.8 Å². The zero-order chi connectivity index (χ0) is 9.35. The van der Waals surface area contributed by atoms with Crippen molar-refractivity contribution in [3.05, 3.63) is 23.8 Å². The lowest BCUT2D eigenvalue weighted by Gasteiger charge is -2.07. The van der Waals surface area contributed by atoms with Crippen molar-refractivity contribution in [2.45, 2.75) is 11.1 Å². The summed E-state index contributed by atoms with van der Waals surface area (Å²) in [6, 6.07) is 0. The monoisotopic (exact) mass is 197 g/mol. The minimum Gasteiger partial charge on any atom is -0.263 e. The van der Waals surface area contributed by atoms with E-state index < -0.39 is 22.5 Å². The fourth-order valence-electron chi connectivity index (χ4n) is 0.631. The molecule has 0 spiro atoms. The lowest BCUT2D eigenvalue weighted by Crippen LogP contribution is -2.09. The molecule has 0 aliphatic carbocycles. The standard InChI is InChI=1S/C6H3F4NS/c7-5-3(6(8,9)10)1-11-2-4(5)12/h1-2,12H. The normalized spacial score (nSPS) is 11.8. The van der Waals surface area contributed by atoms with E-state index in [1.54, 1.807) is 0 Å². The predicted molar refractivity (Wildman–Crippen MR) is 36.4 cm³/mol. The Morgan fingerprint density at radius 3 is 2.25 bits per heavy atom. The maximum atomic E-state index is 12.7. The summed E-state index contributed by atoms with van der Waals surface area (Å²) >= 11 is 3.46. The van der Waals surface area contributed by atoms with Gasteiger partial charge in [0.25, 0.3) is 0 Å². The molecule has 0 aromatic carbocycles. The van der Waals surface area contributed by atoms with Crippen molar-refractivity contribution in [3.63, 3.8) is 0 Å². The van der Waals surface area contributed by atoms with E-state index in [0.717, 1.165) is 6.20 Å². The van der Waals surface area contributed by atoms with Crippen LogP contribution >= 0.6 is 12.6 Å². The van der Waals surface area contributed by atoms with Crippen LogP contribution in [-0.4, -0.2) is 4.98 Å². The average Bonchev–Trinajstić information content (AvgIpc) is 1.92. The molecular weight excluding hydrogens is 194 g/mol. The van der Waals surface area contributed by atoms with Crippen LogP contribution in [0, 0.1) is 5.82 Å². The molecule has 1 aromatic heterocycles. The fraction of sp³-hybridized carbons (Fsp3) is 0.167. The molecular formula is C6H3F4NS. The van der Waals surface area contributed by atoms with Crippen LogP contribution in [-0.2, 0) is 6.18 Å². The van der Waals surface area contributed by atoms with Crippen LogP contribution in [0.15, 0.2) is 17.3 Å². The van der Waals surface area contributed by atoms with Gasteiger partial charge >= 0.3 is 6.18 Å². The second-order valence-electron chi connectivity index (χ2n) is 2.02. The number of hydrogen-bond donors (Lipinski definition) is 1. The third-order valence-electron chi connectivity index (χ3n) is 1.17. The van der Waals surface area contributed by atoms with E-state index in [2.05, 4.69) is 17.6 Å². The number of alkyl halides is 3. The molecule has 0 saturated heterocycles. The fourth-order valence-corrected chi connectivity index (χ4v) is 0.818. The molecule has 0 radical (unpaired) electrons. The van der Waals surface area contributed by atoms with Crippen molar-refractivity contribution in [2.75, 3.05) is 0 Å². The third-order valence-corrected chi connectivity index (χ3v) is 1.48. The molecule has 0 fully saturated rings. The molecule has 1 nitrogen and oxygen atoms in total. The highest BCUT2D eigenvalue weighted by molar-refractivity contribution is 7.80. The first-order valence-corrected chi connectivity index (χ1v) is 3.27. The molecule has 0 amide bonds. The van der Waals surface area contributed by atoms with E-state index in [9.17, 15) is 17.6 Å². The van der Waals surface area contributed by atoms with Crippen LogP contribution in [0.3, 0.4) is 0 Å². The largest absolute Gasteiger partial charge is 0.420 e. The molecule has 0 N–H and O–H groups in total. The molecule has 6 heteroatoms. The molecule has 0 saturated carbocycles. The van der Waals surface area contributed by atoms with Gasteiger partial charge in [0.1, 0.15) is 5.56 Å². The third kappa shape index (κ3) is 1.69. The van der Waals surface area contributed by atoms with E-state index in [1.807, 2.05) is 0 Å². The second-order valence-corrected chi connectivity index (χ2v) is 2.50. The van der Waals surface area contributed by atoms with E-state index in [1.165, 1.54) is 0 Å². The number of pyridine rings is 1. The molecule has 0 aliphatic heterocycles. The first-order valence-electron chi connectivity index (χ1n) is 2.82. The highest BCUT2D eigenvalue weighted by atomic mass is 32.1. The summed E-state index contributed by atoms with van der Waals surface area (Å²) in [6.45, 7) is 0. The Kier molecular flexibility index (Phi) is 2.27. The SMILES string of the molecule is Fc1c(S)cncc1C(F)(F)F. The smallest absolute Gasteiger partial charge is 0.263 e. The molecule has 1 heterocycles. The Hall–Kier alpha value is -0.780.